The number of rotatable bonds is 5. The second-order valence-corrected chi connectivity index (χ2v) is 6.64. The molecule has 0 aliphatic rings. The molecule has 0 radical (unpaired) electrons. The van der Waals surface area contributed by atoms with Crippen LogP contribution in [0.3, 0.4) is 0 Å². The Morgan fingerprint density at radius 2 is 1.82 bits per heavy atom. The summed E-state index contributed by atoms with van der Waals surface area (Å²) in [6.07, 6.45) is 0. The van der Waals surface area contributed by atoms with Crippen molar-refractivity contribution >= 4 is 7.60 Å². The smallest absolute Gasteiger partial charge is 0.337 e. The molecule has 1 atom stereocenters. The van der Waals surface area contributed by atoms with Crippen molar-refractivity contribution in [2.75, 3.05) is 13.7 Å². The van der Waals surface area contributed by atoms with E-state index >= 15 is 0 Å². The highest BCUT2D eigenvalue weighted by molar-refractivity contribution is 7.54. The molecule has 0 saturated heterocycles. The molecule has 0 fully saturated rings. The van der Waals surface area contributed by atoms with Gasteiger partial charge in [-0.1, -0.05) is 12.1 Å². The standard InChI is InChI=1S/C12H19O4P/c1-5-16-17(13,14)12(2,3)10-6-8-11(15-4)9-7-10/h6-9H,5H2,1-4H3,(H,13,14). The van der Waals surface area contributed by atoms with Crippen molar-refractivity contribution in [1.82, 2.24) is 0 Å². The fraction of sp³-hybridized carbons (Fsp3) is 0.500. The maximum Gasteiger partial charge on any atom is 0.337 e. The van der Waals surface area contributed by atoms with Gasteiger partial charge in [0.2, 0.25) is 0 Å². The number of hydrogen-bond donors (Lipinski definition) is 1. The first-order valence-corrected chi connectivity index (χ1v) is 7.05. The van der Waals surface area contributed by atoms with E-state index in [4.69, 9.17) is 9.26 Å². The van der Waals surface area contributed by atoms with Crippen molar-refractivity contribution in [1.29, 1.82) is 0 Å². The van der Waals surface area contributed by atoms with Crippen LogP contribution in [0.25, 0.3) is 0 Å². The third kappa shape index (κ3) is 2.89. The maximum atomic E-state index is 12.1. The molecule has 1 aromatic rings. The SMILES string of the molecule is CCOP(=O)(O)C(C)(C)c1ccc(OC)cc1. The molecule has 0 aliphatic heterocycles. The van der Waals surface area contributed by atoms with E-state index < -0.39 is 12.8 Å². The van der Waals surface area contributed by atoms with Gasteiger partial charge in [-0.2, -0.15) is 0 Å². The van der Waals surface area contributed by atoms with Gasteiger partial charge in [0.05, 0.1) is 18.9 Å². The van der Waals surface area contributed by atoms with E-state index in [-0.39, 0.29) is 6.61 Å². The molecule has 1 N–H and O–H groups in total. The van der Waals surface area contributed by atoms with Crippen LogP contribution in [0.1, 0.15) is 26.3 Å². The molecule has 0 aliphatic carbocycles. The quantitative estimate of drug-likeness (QED) is 0.824. The third-order valence-electron chi connectivity index (χ3n) is 2.81. The first-order chi connectivity index (χ1) is 7.85. The fourth-order valence-electron chi connectivity index (χ4n) is 1.50. The predicted octanol–water partition coefficient (Wildman–Crippen LogP) is 3.15. The van der Waals surface area contributed by atoms with Crippen LogP contribution in [0.5, 0.6) is 5.75 Å². The van der Waals surface area contributed by atoms with Gasteiger partial charge in [-0.25, -0.2) is 0 Å². The lowest BCUT2D eigenvalue weighted by Gasteiger charge is -2.29. The Bertz CT molecular complexity index is 411. The first kappa shape index (κ1) is 14.2. The first-order valence-electron chi connectivity index (χ1n) is 5.47. The van der Waals surface area contributed by atoms with Crippen LogP contribution in [0.2, 0.25) is 0 Å². The van der Waals surface area contributed by atoms with E-state index in [9.17, 15) is 9.46 Å². The molecule has 17 heavy (non-hydrogen) atoms. The molecule has 1 aromatic carbocycles. The van der Waals surface area contributed by atoms with E-state index in [1.807, 2.05) is 0 Å². The number of methoxy groups -OCH3 is 1. The molecular formula is C12H19O4P. The Morgan fingerprint density at radius 3 is 2.24 bits per heavy atom. The molecule has 4 nitrogen and oxygen atoms in total. The van der Waals surface area contributed by atoms with E-state index in [1.165, 1.54) is 0 Å². The second-order valence-electron chi connectivity index (χ2n) is 4.23. The molecule has 0 amide bonds. The van der Waals surface area contributed by atoms with Crippen LogP contribution >= 0.6 is 7.60 Å². The van der Waals surface area contributed by atoms with Gasteiger partial charge >= 0.3 is 7.60 Å². The normalized spacial score (nSPS) is 15.4. The summed E-state index contributed by atoms with van der Waals surface area (Å²) in [5, 5.41) is -0.935. The van der Waals surface area contributed by atoms with Crippen LogP contribution in [0, 0.1) is 0 Å². The van der Waals surface area contributed by atoms with Crippen molar-refractivity contribution in [3.63, 3.8) is 0 Å². The molecule has 1 rings (SSSR count). The molecular weight excluding hydrogens is 239 g/mol. The second kappa shape index (κ2) is 5.21. The van der Waals surface area contributed by atoms with Crippen LogP contribution in [-0.2, 0) is 14.2 Å². The summed E-state index contributed by atoms with van der Waals surface area (Å²) >= 11 is 0. The van der Waals surface area contributed by atoms with Gasteiger partial charge in [-0.15, -0.1) is 0 Å². The van der Waals surface area contributed by atoms with Gasteiger partial charge in [0.25, 0.3) is 0 Å². The zero-order valence-corrected chi connectivity index (χ0v) is 11.5. The summed E-state index contributed by atoms with van der Waals surface area (Å²) in [6.45, 7) is 5.32. The Labute approximate surface area is 102 Å². The van der Waals surface area contributed by atoms with E-state index in [0.717, 1.165) is 5.56 Å². The average Bonchev–Trinajstić information content (AvgIpc) is 2.29. The van der Waals surface area contributed by atoms with Crippen LogP contribution in [-0.4, -0.2) is 18.6 Å². The van der Waals surface area contributed by atoms with E-state index in [2.05, 4.69) is 0 Å². The lowest BCUT2D eigenvalue weighted by Crippen LogP contribution is -2.19. The number of benzene rings is 1. The Morgan fingerprint density at radius 1 is 1.29 bits per heavy atom. The van der Waals surface area contributed by atoms with Gasteiger partial charge in [0.15, 0.2) is 0 Å². The Hall–Kier alpha value is -0.830. The third-order valence-corrected chi connectivity index (χ3v) is 5.09. The van der Waals surface area contributed by atoms with Gasteiger partial charge in [-0.3, -0.25) is 4.57 Å². The molecule has 0 saturated carbocycles. The summed E-state index contributed by atoms with van der Waals surface area (Å²) in [6, 6.07) is 7.09. The van der Waals surface area contributed by atoms with E-state index in [1.54, 1.807) is 52.1 Å². The Kier molecular flexibility index (Phi) is 4.36. The summed E-state index contributed by atoms with van der Waals surface area (Å²) in [4.78, 5) is 9.92. The van der Waals surface area contributed by atoms with Gasteiger partial charge in [-0.05, 0) is 38.5 Å². The predicted molar refractivity (Wildman–Crippen MR) is 67.5 cm³/mol. The molecule has 96 valence electrons. The molecule has 0 heterocycles. The minimum absolute atomic E-state index is 0.216. The van der Waals surface area contributed by atoms with Crippen molar-refractivity contribution < 1.29 is 18.7 Å². The van der Waals surface area contributed by atoms with Crippen molar-refractivity contribution in [3.05, 3.63) is 29.8 Å². The summed E-state index contributed by atoms with van der Waals surface area (Å²) < 4.78 is 22.1. The van der Waals surface area contributed by atoms with Gasteiger partial charge in [0.1, 0.15) is 5.75 Å². The zero-order chi connectivity index (χ0) is 13.1. The lowest BCUT2D eigenvalue weighted by molar-refractivity contribution is 0.251. The maximum absolute atomic E-state index is 12.1. The molecule has 0 spiro atoms. The number of ether oxygens (including phenoxy) is 1. The highest BCUT2D eigenvalue weighted by Crippen LogP contribution is 2.60. The molecule has 5 heteroatoms. The van der Waals surface area contributed by atoms with Crippen LogP contribution in [0.15, 0.2) is 24.3 Å². The van der Waals surface area contributed by atoms with Crippen molar-refractivity contribution in [2.24, 2.45) is 0 Å². The fourth-order valence-corrected chi connectivity index (χ4v) is 2.65. The molecule has 0 aromatic heterocycles. The lowest BCUT2D eigenvalue weighted by atomic mass is 10.0. The molecule has 1 unspecified atom stereocenters. The molecule has 0 bridgehead atoms. The Balaban J connectivity index is 3.07. The van der Waals surface area contributed by atoms with Crippen LogP contribution < -0.4 is 4.74 Å². The highest BCUT2D eigenvalue weighted by Gasteiger charge is 2.41. The summed E-state index contributed by atoms with van der Waals surface area (Å²) in [5.41, 5.74) is 0.748. The van der Waals surface area contributed by atoms with Gasteiger partial charge < -0.3 is 14.2 Å². The highest BCUT2D eigenvalue weighted by atomic mass is 31.2. The largest absolute Gasteiger partial charge is 0.497 e. The monoisotopic (exact) mass is 258 g/mol. The van der Waals surface area contributed by atoms with Crippen molar-refractivity contribution in [2.45, 2.75) is 25.9 Å². The minimum atomic E-state index is -3.68. The van der Waals surface area contributed by atoms with Crippen molar-refractivity contribution in [3.8, 4) is 5.75 Å². The zero-order valence-electron chi connectivity index (χ0n) is 10.6. The average molecular weight is 258 g/mol. The number of hydrogen-bond acceptors (Lipinski definition) is 3. The minimum Gasteiger partial charge on any atom is -0.497 e. The summed E-state index contributed by atoms with van der Waals surface area (Å²) in [7, 11) is -2.10. The summed E-state index contributed by atoms with van der Waals surface area (Å²) in [5.74, 6) is 0.716. The van der Waals surface area contributed by atoms with Crippen LogP contribution in [0.4, 0.5) is 0 Å². The van der Waals surface area contributed by atoms with Gasteiger partial charge in [0, 0.05) is 0 Å². The van der Waals surface area contributed by atoms with E-state index in [0.29, 0.717) is 5.75 Å². The topological polar surface area (TPSA) is 55.8 Å².